The molecule has 1 atom stereocenters. The van der Waals surface area contributed by atoms with Gasteiger partial charge in [0.05, 0.1) is 12.7 Å². The van der Waals surface area contributed by atoms with Gasteiger partial charge in [0.15, 0.2) is 6.61 Å². The topological polar surface area (TPSA) is 114 Å². The van der Waals surface area contributed by atoms with Gasteiger partial charge in [0.1, 0.15) is 11.3 Å². The van der Waals surface area contributed by atoms with Gasteiger partial charge in [-0.3, -0.25) is 15.0 Å². The van der Waals surface area contributed by atoms with Gasteiger partial charge in [-0.1, -0.05) is 43.3 Å². The third kappa shape index (κ3) is 3.95. The maximum Gasteiger partial charge on any atom is 0.344 e. The van der Waals surface area contributed by atoms with Crippen molar-refractivity contribution in [3.8, 4) is 5.75 Å². The van der Waals surface area contributed by atoms with E-state index >= 15 is 0 Å². The third-order valence-corrected chi connectivity index (χ3v) is 4.76. The van der Waals surface area contributed by atoms with Crippen LogP contribution < -0.4 is 15.5 Å². The Balaban J connectivity index is 1.64. The molecule has 1 aliphatic heterocycles. The van der Waals surface area contributed by atoms with Crippen LogP contribution in [-0.2, 0) is 19.9 Å². The summed E-state index contributed by atoms with van der Waals surface area (Å²) in [6.45, 7) is 1.09. The van der Waals surface area contributed by atoms with Gasteiger partial charge in [-0.25, -0.2) is 9.59 Å². The van der Waals surface area contributed by atoms with Crippen molar-refractivity contribution in [2.75, 3.05) is 13.7 Å². The molecule has 0 unspecified atom stereocenters. The molecule has 30 heavy (non-hydrogen) atoms. The molecule has 9 heteroatoms. The molecule has 1 heterocycles. The first-order chi connectivity index (χ1) is 14.4. The van der Waals surface area contributed by atoms with E-state index in [1.165, 1.54) is 19.2 Å². The Labute approximate surface area is 172 Å². The van der Waals surface area contributed by atoms with Crippen LogP contribution in [-0.4, -0.2) is 42.5 Å². The summed E-state index contributed by atoms with van der Waals surface area (Å²) in [5.74, 6) is -1.72. The summed E-state index contributed by atoms with van der Waals surface area (Å²) >= 11 is 0. The lowest BCUT2D eigenvalue weighted by atomic mass is 9.87. The zero-order chi connectivity index (χ0) is 21.7. The SMILES string of the molecule is CC[C@]1(c2ccccc2)NC(=O)N(NC(=O)COC(=O)c2cccc(OC)c2)C1=O. The van der Waals surface area contributed by atoms with Crippen LogP contribution in [0.2, 0.25) is 0 Å². The highest BCUT2D eigenvalue weighted by atomic mass is 16.5. The van der Waals surface area contributed by atoms with E-state index in [1.54, 1.807) is 49.4 Å². The predicted octanol–water partition coefficient (Wildman–Crippen LogP) is 1.74. The second kappa shape index (κ2) is 8.64. The van der Waals surface area contributed by atoms with E-state index in [2.05, 4.69) is 10.7 Å². The number of ether oxygens (including phenoxy) is 2. The lowest BCUT2D eigenvalue weighted by Crippen LogP contribution is -2.49. The van der Waals surface area contributed by atoms with Gasteiger partial charge >= 0.3 is 12.0 Å². The highest BCUT2D eigenvalue weighted by Gasteiger charge is 2.52. The fourth-order valence-corrected chi connectivity index (χ4v) is 3.16. The van der Waals surface area contributed by atoms with E-state index < -0.39 is 36.0 Å². The van der Waals surface area contributed by atoms with Gasteiger partial charge in [-0.05, 0) is 30.2 Å². The Kier molecular flexibility index (Phi) is 6.01. The number of hydrogen-bond acceptors (Lipinski definition) is 6. The number of nitrogens with one attached hydrogen (secondary N) is 2. The Bertz CT molecular complexity index is 978. The van der Waals surface area contributed by atoms with E-state index in [0.29, 0.717) is 22.7 Å². The first-order valence-corrected chi connectivity index (χ1v) is 9.24. The molecule has 0 saturated carbocycles. The summed E-state index contributed by atoms with van der Waals surface area (Å²) in [7, 11) is 1.46. The van der Waals surface area contributed by atoms with Crippen molar-refractivity contribution in [2.24, 2.45) is 0 Å². The second-order valence-corrected chi connectivity index (χ2v) is 6.54. The van der Waals surface area contributed by atoms with Crippen molar-refractivity contribution in [3.63, 3.8) is 0 Å². The molecule has 0 aromatic heterocycles. The van der Waals surface area contributed by atoms with Crippen molar-refractivity contribution in [1.29, 1.82) is 0 Å². The number of benzene rings is 2. The van der Waals surface area contributed by atoms with Crippen LogP contribution in [0.1, 0.15) is 29.3 Å². The molecule has 2 aromatic carbocycles. The number of carbonyl (C=O) groups excluding carboxylic acids is 4. The number of hydrogen-bond donors (Lipinski definition) is 2. The molecule has 9 nitrogen and oxygen atoms in total. The zero-order valence-electron chi connectivity index (χ0n) is 16.5. The molecule has 2 N–H and O–H groups in total. The molecule has 1 saturated heterocycles. The van der Waals surface area contributed by atoms with E-state index in [4.69, 9.17) is 9.47 Å². The van der Waals surface area contributed by atoms with Gasteiger partial charge in [-0.2, -0.15) is 5.01 Å². The van der Waals surface area contributed by atoms with Crippen LogP contribution in [0.3, 0.4) is 0 Å². The van der Waals surface area contributed by atoms with Crippen LogP contribution in [0.5, 0.6) is 5.75 Å². The Morgan fingerprint density at radius 3 is 2.50 bits per heavy atom. The van der Waals surface area contributed by atoms with Gasteiger partial charge in [0.25, 0.3) is 11.8 Å². The Morgan fingerprint density at radius 1 is 1.10 bits per heavy atom. The number of rotatable bonds is 7. The summed E-state index contributed by atoms with van der Waals surface area (Å²) in [4.78, 5) is 49.6. The number of amides is 4. The molecule has 0 bridgehead atoms. The van der Waals surface area contributed by atoms with Gasteiger partial charge < -0.3 is 14.8 Å². The normalized spacial score (nSPS) is 18.0. The zero-order valence-corrected chi connectivity index (χ0v) is 16.5. The maximum atomic E-state index is 12.9. The Morgan fingerprint density at radius 2 is 1.83 bits per heavy atom. The van der Waals surface area contributed by atoms with Crippen LogP contribution in [0.15, 0.2) is 54.6 Å². The number of hydrazine groups is 1. The summed E-state index contributed by atoms with van der Waals surface area (Å²) in [6.07, 6.45) is 0.290. The lowest BCUT2D eigenvalue weighted by Gasteiger charge is -2.25. The fourth-order valence-electron chi connectivity index (χ4n) is 3.16. The molecular weight excluding hydrogens is 390 g/mol. The fraction of sp³-hybridized carbons (Fsp3) is 0.238. The summed E-state index contributed by atoms with van der Waals surface area (Å²) in [5.41, 5.74) is 1.73. The first kappa shape index (κ1) is 20.8. The minimum Gasteiger partial charge on any atom is -0.497 e. The largest absolute Gasteiger partial charge is 0.497 e. The molecule has 3 rings (SSSR count). The monoisotopic (exact) mass is 411 g/mol. The maximum absolute atomic E-state index is 12.9. The minimum absolute atomic E-state index is 0.200. The number of esters is 1. The van der Waals surface area contributed by atoms with Gasteiger partial charge in [0.2, 0.25) is 0 Å². The van der Waals surface area contributed by atoms with Crippen LogP contribution in [0.25, 0.3) is 0 Å². The highest BCUT2D eigenvalue weighted by molar-refractivity contribution is 6.08. The molecule has 0 radical (unpaired) electrons. The molecule has 0 spiro atoms. The molecule has 0 aliphatic carbocycles. The van der Waals surface area contributed by atoms with Gasteiger partial charge in [0, 0.05) is 0 Å². The summed E-state index contributed by atoms with van der Waals surface area (Å²) in [5, 5.41) is 3.25. The van der Waals surface area contributed by atoms with Crippen molar-refractivity contribution < 1.29 is 28.7 Å². The molecular formula is C21H21N3O6. The average Bonchev–Trinajstić information content (AvgIpc) is 3.03. The average molecular weight is 411 g/mol. The minimum atomic E-state index is -1.27. The van der Waals surface area contributed by atoms with E-state index in [0.717, 1.165) is 0 Å². The predicted molar refractivity (Wildman–Crippen MR) is 105 cm³/mol. The van der Waals surface area contributed by atoms with Crippen LogP contribution in [0, 0.1) is 0 Å². The second-order valence-electron chi connectivity index (χ2n) is 6.54. The number of imide groups is 1. The number of methoxy groups -OCH3 is 1. The first-order valence-electron chi connectivity index (χ1n) is 9.24. The van der Waals surface area contributed by atoms with Crippen LogP contribution >= 0.6 is 0 Å². The van der Waals surface area contributed by atoms with E-state index in [-0.39, 0.29) is 5.56 Å². The standard InChI is InChI=1S/C21H21N3O6/c1-3-21(15-9-5-4-6-10-15)19(27)24(20(28)22-21)23-17(25)13-30-18(26)14-8-7-11-16(12-14)29-2/h4-12H,3,13H2,1-2H3,(H,22,28)(H,23,25)/t21-/m1/s1. The van der Waals surface area contributed by atoms with Crippen molar-refractivity contribution >= 4 is 23.8 Å². The Hall–Kier alpha value is -3.88. The van der Waals surface area contributed by atoms with Crippen LogP contribution in [0.4, 0.5) is 4.79 Å². The van der Waals surface area contributed by atoms with Crippen molar-refractivity contribution in [2.45, 2.75) is 18.9 Å². The molecule has 1 fully saturated rings. The summed E-state index contributed by atoms with van der Waals surface area (Å²) in [6, 6.07) is 14.2. The van der Waals surface area contributed by atoms with Gasteiger partial charge in [-0.15, -0.1) is 0 Å². The third-order valence-electron chi connectivity index (χ3n) is 4.76. The molecule has 156 valence electrons. The van der Waals surface area contributed by atoms with E-state index in [1.807, 2.05) is 0 Å². The van der Waals surface area contributed by atoms with E-state index in [9.17, 15) is 19.2 Å². The number of carbonyl (C=O) groups is 4. The van der Waals surface area contributed by atoms with Crippen molar-refractivity contribution in [1.82, 2.24) is 15.8 Å². The molecule has 2 aromatic rings. The molecule has 4 amide bonds. The highest BCUT2D eigenvalue weighted by Crippen LogP contribution is 2.31. The smallest absolute Gasteiger partial charge is 0.344 e. The molecule has 1 aliphatic rings. The number of urea groups is 1. The van der Waals surface area contributed by atoms with Crippen molar-refractivity contribution in [3.05, 3.63) is 65.7 Å². The quantitative estimate of drug-likeness (QED) is 0.530. The number of nitrogens with zero attached hydrogens (tertiary/aromatic N) is 1. The lowest BCUT2D eigenvalue weighted by molar-refractivity contribution is -0.140. The summed E-state index contributed by atoms with van der Waals surface area (Å²) < 4.78 is 9.99.